The van der Waals surface area contributed by atoms with Crippen LogP contribution < -0.4 is 3.71 Å². The molecule has 0 radical (unpaired) electrons. The summed E-state index contributed by atoms with van der Waals surface area (Å²) in [6, 6.07) is 1.76. The summed E-state index contributed by atoms with van der Waals surface area (Å²) in [6.45, 7) is 3.69. The molecule has 0 aliphatic heterocycles. The van der Waals surface area contributed by atoms with E-state index in [0.717, 1.165) is 15.0 Å². The Morgan fingerprint density at radius 2 is 1.87 bits per heavy atom. The molecule has 0 aromatic carbocycles. The van der Waals surface area contributed by atoms with Crippen LogP contribution in [0.15, 0.2) is 6.07 Å². The number of hydrogen-bond donors (Lipinski definition) is 1. The molecule has 1 rings (SSSR count). The molecule has 0 amide bonds. The van der Waals surface area contributed by atoms with Gasteiger partial charge in [-0.3, -0.25) is 0 Å². The normalized spacial score (nSPS) is 11.5. The van der Waals surface area contributed by atoms with E-state index in [0.29, 0.717) is 5.56 Å². The fraction of sp³-hybridized carbons (Fsp3) is 0.455. The van der Waals surface area contributed by atoms with Crippen LogP contribution in [-0.2, 0) is 0 Å². The number of nitrogens with zero attached hydrogens (tertiary/aromatic N) is 1. The first-order valence-electron chi connectivity index (χ1n) is 4.95. The van der Waals surface area contributed by atoms with Crippen LogP contribution in [0.2, 0.25) is 14.8 Å². The average Bonchev–Trinajstić information content (AvgIpc) is 2.06. The van der Waals surface area contributed by atoms with E-state index in [9.17, 15) is 4.79 Å². The molecule has 1 N–H and O–H groups in total. The van der Waals surface area contributed by atoms with Gasteiger partial charge in [0.15, 0.2) is 0 Å². The Hall–Kier alpha value is -0.581. The number of hydrogen-bond acceptors (Lipinski definition) is 2. The van der Waals surface area contributed by atoms with Crippen LogP contribution in [0.1, 0.15) is 21.6 Å². The van der Waals surface area contributed by atoms with Crippen LogP contribution in [-0.4, -0.2) is 34.4 Å². The van der Waals surface area contributed by atoms with Crippen LogP contribution in [0.3, 0.4) is 0 Å². The molecule has 0 aliphatic carbocycles. The zero-order chi connectivity index (χ0) is 11.8. The summed E-state index contributed by atoms with van der Waals surface area (Å²) in [5.74, 6) is -0.852. The molecule has 0 aliphatic rings. The molecule has 1 aromatic rings. The van der Waals surface area contributed by atoms with Gasteiger partial charge in [0.1, 0.15) is 0 Å². The minimum absolute atomic E-state index is 0.407. The van der Waals surface area contributed by atoms with Gasteiger partial charge in [0.05, 0.1) is 0 Å². The predicted octanol–water partition coefficient (Wildman–Crippen LogP) is 1.94. The van der Waals surface area contributed by atoms with Gasteiger partial charge in [0.25, 0.3) is 0 Å². The third-order valence-corrected chi connectivity index (χ3v) is 7.63. The molecule has 0 fully saturated rings. The first kappa shape index (κ1) is 12.5. The number of carboxylic acids is 1. The molecule has 15 heavy (non-hydrogen) atoms. The maximum atomic E-state index is 11.0. The van der Waals surface area contributed by atoms with E-state index >= 15 is 0 Å². The van der Waals surface area contributed by atoms with Crippen molar-refractivity contribution in [3.8, 4) is 0 Å². The van der Waals surface area contributed by atoms with Gasteiger partial charge in [-0.2, -0.15) is 0 Å². The Bertz CT molecular complexity index is 408. The molecule has 0 unspecified atom stereocenters. The monoisotopic (exact) mass is 315 g/mol. The van der Waals surface area contributed by atoms with Crippen molar-refractivity contribution in [1.82, 2.24) is 4.98 Å². The summed E-state index contributed by atoms with van der Waals surface area (Å²) in [5, 5.41) is 9.08. The fourth-order valence-corrected chi connectivity index (χ4v) is 4.43. The summed E-state index contributed by atoms with van der Waals surface area (Å²) < 4.78 is 1.03. The average molecular weight is 314 g/mol. The summed E-state index contributed by atoms with van der Waals surface area (Å²) in [6.07, 6.45) is 0. The molecule has 0 atom stereocenters. The van der Waals surface area contributed by atoms with E-state index in [1.807, 2.05) is 13.8 Å². The predicted molar refractivity (Wildman–Crippen MR) is 63.7 cm³/mol. The van der Waals surface area contributed by atoms with Crippen molar-refractivity contribution in [3.05, 3.63) is 22.9 Å². The third kappa shape index (κ3) is 2.71. The molecule has 0 saturated heterocycles. The molecule has 0 bridgehead atoms. The van der Waals surface area contributed by atoms with Gasteiger partial charge in [-0.1, -0.05) is 0 Å². The molecular formula is C11H17NO2Sn. The van der Waals surface area contributed by atoms with E-state index in [-0.39, 0.29) is 0 Å². The summed E-state index contributed by atoms with van der Waals surface area (Å²) in [5.41, 5.74) is 2.03. The van der Waals surface area contributed by atoms with E-state index in [2.05, 4.69) is 19.8 Å². The molecule has 82 valence electrons. The Morgan fingerprint density at radius 3 is 2.27 bits per heavy atom. The zero-order valence-electron chi connectivity index (χ0n) is 9.88. The van der Waals surface area contributed by atoms with Crippen LogP contribution in [0.25, 0.3) is 0 Å². The third-order valence-electron chi connectivity index (χ3n) is 2.51. The second kappa shape index (κ2) is 4.12. The Kier molecular flexibility index (Phi) is 3.43. The second-order valence-corrected chi connectivity index (χ2v) is 19.1. The second-order valence-electron chi connectivity index (χ2n) is 4.82. The number of carboxylic acid groups (broad SMARTS) is 1. The first-order valence-corrected chi connectivity index (χ1v) is 14.9. The molecule has 1 heterocycles. The van der Waals surface area contributed by atoms with Gasteiger partial charge in [-0.15, -0.1) is 0 Å². The number of aromatic nitrogens is 1. The van der Waals surface area contributed by atoms with Crippen LogP contribution >= 0.6 is 0 Å². The maximum absolute atomic E-state index is 11.0. The van der Waals surface area contributed by atoms with Crippen LogP contribution in [0, 0.1) is 13.8 Å². The Morgan fingerprint density at radius 1 is 1.33 bits per heavy atom. The quantitative estimate of drug-likeness (QED) is 0.849. The van der Waals surface area contributed by atoms with E-state index in [1.54, 1.807) is 6.07 Å². The van der Waals surface area contributed by atoms with Crippen LogP contribution in [0.4, 0.5) is 0 Å². The SMILES string of the molecule is Cc1n[c]([Sn]([CH3])([CH3])[CH3])cc(C(=O)O)c1C. The summed E-state index contributed by atoms with van der Waals surface area (Å²) >= 11 is -2.26. The summed E-state index contributed by atoms with van der Waals surface area (Å²) in [7, 11) is 0. The fourth-order valence-electron chi connectivity index (χ4n) is 1.34. The van der Waals surface area contributed by atoms with Crippen molar-refractivity contribution in [2.75, 3.05) is 0 Å². The van der Waals surface area contributed by atoms with Crippen LogP contribution in [0.5, 0.6) is 0 Å². The number of pyridine rings is 1. The topological polar surface area (TPSA) is 50.2 Å². The molecule has 0 saturated carbocycles. The molecule has 3 nitrogen and oxygen atoms in total. The van der Waals surface area contributed by atoms with E-state index in [1.165, 1.54) is 0 Å². The van der Waals surface area contributed by atoms with Gasteiger partial charge in [0.2, 0.25) is 0 Å². The minimum atomic E-state index is -2.26. The van der Waals surface area contributed by atoms with Crippen molar-refractivity contribution in [2.45, 2.75) is 28.7 Å². The van der Waals surface area contributed by atoms with Crippen molar-refractivity contribution in [1.29, 1.82) is 0 Å². The van der Waals surface area contributed by atoms with Gasteiger partial charge < -0.3 is 0 Å². The molecule has 1 aromatic heterocycles. The number of aryl methyl sites for hydroxylation is 1. The van der Waals surface area contributed by atoms with Crippen molar-refractivity contribution in [2.24, 2.45) is 0 Å². The molecule has 0 spiro atoms. The number of aromatic carboxylic acids is 1. The Balaban J connectivity index is 3.43. The van der Waals surface area contributed by atoms with Gasteiger partial charge >= 0.3 is 94.5 Å². The van der Waals surface area contributed by atoms with Crippen molar-refractivity contribution >= 4 is 28.1 Å². The van der Waals surface area contributed by atoms with Crippen molar-refractivity contribution < 1.29 is 9.90 Å². The molecular weight excluding hydrogens is 297 g/mol. The van der Waals surface area contributed by atoms with E-state index in [4.69, 9.17) is 5.11 Å². The first-order chi connectivity index (χ1) is 6.73. The summed E-state index contributed by atoms with van der Waals surface area (Å²) in [4.78, 5) is 22.3. The van der Waals surface area contributed by atoms with E-state index < -0.39 is 24.3 Å². The van der Waals surface area contributed by atoms with Gasteiger partial charge in [-0.05, 0) is 0 Å². The molecule has 4 heteroatoms. The van der Waals surface area contributed by atoms with Gasteiger partial charge in [-0.25, -0.2) is 0 Å². The standard InChI is InChI=1S/C8H8NO2.3CH3.Sn/c1-5-6(2)9-4-3-7(5)8(10)11;;;;/h3H,1-2H3,(H,10,11);3*1H3;. The zero-order valence-corrected chi connectivity index (χ0v) is 12.7. The van der Waals surface area contributed by atoms with Gasteiger partial charge in [0, 0.05) is 0 Å². The number of rotatable bonds is 2. The Labute approximate surface area is 94.4 Å². The van der Waals surface area contributed by atoms with Crippen molar-refractivity contribution in [3.63, 3.8) is 0 Å². The number of carbonyl (C=O) groups is 1.